The van der Waals surface area contributed by atoms with Gasteiger partial charge in [-0.15, -0.1) is 0 Å². The van der Waals surface area contributed by atoms with Crippen molar-refractivity contribution in [2.45, 2.75) is 13.2 Å². The first-order valence-electron chi connectivity index (χ1n) is 6.36. The van der Waals surface area contributed by atoms with Crippen molar-refractivity contribution in [1.29, 1.82) is 0 Å². The third kappa shape index (κ3) is 2.40. The molecule has 20 heavy (non-hydrogen) atoms. The second-order valence-electron chi connectivity index (χ2n) is 4.59. The molecule has 0 bridgehead atoms. The van der Waals surface area contributed by atoms with Crippen LogP contribution in [0.5, 0.6) is 5.75 Å². The number of rotatable bonds is 5. The van der Waals surface area contributed by atoms with E-state index in [4.69, 9.17) is 14.0 Å². The zero-order valence-corrected chi connectivity index (χ0v) is 11.5. The van der Waals surface area contributed by atoms with Crippen LogP contribution in [0.4, 0.5) is 0 Å². The molecule has 0 fully saturated rings. The molecule has 1 aromatic carbocycles. The van der Waals surface area contributed by atoms with Crippen molar-refractivity contribution in [1.82, 2.24) is 9.72 Å². The van der Waals surface area contributed by atoms with E-state index in [-0.39, 0.29) is 0 Å². The molecule has 5 nitrogen and oxygen atoms in total. The molecule has 0 aliphatic carbocycles. The van der Waals surface area contributed by atoms with E-state index in [0.29, 0.717) is 13.2 Å². The van der Waals surface area contributed by atoms with Gasteiger partial charge in [-0.1, -0.05) is 5.16 Å². The quantitative estimate of drug-likeness (QED) is 0.716. The summed E-state index contributed by atoms with van der Waals surface area (Å²) in [6.07, 6.45) is 2.04. The molecule has 0 saturated carbocycles. The molecule has 0 saturated heterocycles. The number of ether oxygens (including phenoxy) is 2. The third-order valence-electron chi connectivity index (χ3n) is 3.20. The first-order valence-corrected chi connectivity index (χ1v) is 6.36. The number of fused-ring (bicyclic) bond motifs is 1. The second-order valence-corrected chi connectivity index (χ2v) is 4.59. The first kappa shape index (κ1) is 12.7. The van der Waals surface area contributed by atoms with Crippen LogP contribution < -0.4 is 4.74 Å². The van der Waals surface area contributed by atoms with Crippen molar-refractivity contribution in [2.24, 2.45) is 0 Å². The Hall–Kier alpha value is -2.27. The highest BCUT2D eigenvalue weighted by atomic mass is 16.5. The van der Waals surface area contributed by atoms with Crippen molar-refractivity contribution in [2.75, 3.05) is 14.2 Å². The van der Waals surface area contributed by atoms with E-state index in [1.165, 1.54) is 0 Å². The summed E-state index contributed by atoms with van der Waals surface area (Å²) in [7, 11) is 3.31. The molecular weight excluding hydrogens is 256 g/mol. The van der Waals surface area contributed by atoms with Crippen LogP contribution in [0.15, 0.2) is 41.1 Å². The Balaban J connectivity index is 1.86. The molecule has 0 spiro atoms. The van der Waals surface area contributed by atoms with Crippen molar-refractivity contribution < 1.29 is 14.0 Å². The van der Waals surface area contributed by atoms with Gasteiger partial charge in [-0.05, 0) is 24.3 Å². The maximum Gasteiger partial charge on any atom is 0.162 e. The Morgan fingerprint density at radius 1 is 1.20 bits per heavy atom. The lowest BCUT2D eigenvalue weighted by atomic mass is 10.2. The van der Waals surface area contributed by atoms with Gasteiger partial charge in [-0.25, -0.2) is 0 Å². The summed E-state index contributed by atoms with van der Waals surface area (Å²) in [4.78, 5) is 0. The Bertz CT molecular complexity index is 715. The van der Waals surface area contributed by atoms with Gasteiger partial charge in [-0.3, -0.25) is 0 Å². The summed E-state index contributed by atoms with van der Waals surface area (Å²) in [5, 5.41) is 5.19. The summed E-state index contributed by atoms with van der Waals surface area (Å²) < 4.78 is 17.6. The number of methoxy groups -OCH3 is 2. The van der Waals surface area contributed by atoms with Gasteiger partial charge in [0.25, 0.3) is 0 Å². The molecule has 3 rings (SSSR count). The summed E-state index contributed by atoms with van der Waals surface area (Å²) in [5.41, 5.74) is 2.02. The number of nitrogens with zero attached hydrogens (tertiary/aromatic N) is 2. The normalized spacial score (nSPS) is 11.1. The summed E-state index contributed by atoms with van der Waals surface area (Å²) >= 11 is 0. The van der Waals surface area contributed by atoms with Gasteiger partial charge in [0.2, 0.25) is 0 Å². The minimum atomic E-state index is 0.441. The van der Waals surface area contributed by atoms with Crippen LogP contribution in [0.3, 0.4) is 0 Å². The Labute approximate surface area is 116 Å². The number of hydrogen-bond donors (Lipinski definition) is 0. The highest BCUT2D eigenvalue weighted by molar-refractivity contribution is 5.81. The largest absolute Gasteiger partial charge is 0.497 e. The fourth-order valence-corrected chi connectivity index (χ4v) is 2.26. The number of hydrogen-bond acceptors (Lipinski definition) is 4. The van der Waals surface area contributed by atoms with Crippen molar-refractivity contribution in [3.8, 4) is 5.75 Å². The fraction of sp³-hybridized carbons (Fsp3) is 0.267. The van der Waals surface area contributed by atoms with Crippen molar-refractivity contribution in [3.05, 3.63) is 48.0 Å². The van der Waals surface area contributed by atoms with E-state index in [2.05, 4.69) is 15.8 Å². The van der Waals surface area contributed by atoms with E-state index in [1.54, 1.807) is 14.2 Å². The molecule has 2 aromatic heterocycles. The van der Waals surface area contributed by atoms with Crippen LogP contribution in [-0.4, -0.2) is 23.9 Å². The molecule has 3 aromatic rings. The van der Waals surface area contributed by atoms with Gasteiger partial charge in [0.15, 0.2) is 5.76 Å². The van der Waals surface area contributed by atoms with Crippen molar-refractivity contribution in [3.63, 3.8) is 0 Å². The highest BCUT2D eigenvalue weighted by Gasteiger charge is 2.07. The van der Waals surface area contributed by atoms with E-state index >= 15 is 0 Å². The van der Waals surface area contributed by atoms with Crippen molar-refractivity contribution >= 4 is 10.9 Å². The topological polar surface area (TPSA) is 49.4 Å². The third-order valence-corrected chi connectivity index (χ3v) is 3.20. The first-order chi connectivity index (χ1) is 9.80. The molecule has 0 atom stereocenters. The minimum Gasteiger partial charge on any atom is -0.497 e. The highest BCUT2D eigenvalue weighted by Crippen LogP contribution is 2.22. The van der Waals surface area contributed by atoms with E-state index in [1.807, 2.05) is 30.5 Å². The molecule has 0 aliphatic heterocycles. The van der Waals surface area contributed by atoms with Crippen LogP contribution >= 0.6 is 0 Å². The smallest absolute Gasteiger partial charge is 0.162 e. The van der Waals surface area contributed by atoms with Crippen LogP contribution in [0.25, 0.3) is 10.9 Å². The molecule has 0 radical (unpaired) electrons. The molecule has 5 heteroatoms. The molecule has 2 heterocycles. The van der Waals surface area contributed by atoms with Crippen LogP contribution in [-0.2, 0) is 17.9 Å². The van der Waals surface area contributed by atoms with E-state index in [0.717, 1.165) is 28.1 Å². The van der Waals surface area contributed by atoms with Gasteiger partial charge >= 0.3 is 0 Å². The Kier molecular flexibility index (Phi) is 3.43. The van der Waals surface area contributed by atoms with E-state index in [9.17, 15) is 0 Å². The maximum atomic E-state index is 5.23. The Morgan fingerprint density at radius 2 is 2.10 bits per heavy atom. The van der Waals surface area contributed by atoms with E-state index < -0.39 is 0 Å². The van der Waals surface area contributed by atoms with Gasteiger partial charge in [0.05, 0.1) is 13.7 Å². The minimum absolute atomic E-state index is 0.441. The monoisotopic (exact) mass is 272 g/mol. The lowest BCUT2D eigenvalue weighted by Crippen LogP contribution is -1.97. The average molecular weight is 272 g/mol. The lowest BCUT2D eigenvalue weighted by molar-refractivity contribution is 0.155. The standard InChI is InChI=1S/C15H16N2O3/c1-18-10-14-8-12(16-20-14)9-17-6-5-11-7-13(19-2)3-4-15(11)17/h3-8H,9-10H2,1-2H3. The second kappa shape index (κ2) is 5.38. The summed E-state index contributed by atoms with van der Waals surface area (Å²) in [6, 6.07) is 10.0. The zero-order valence-electron chi connectivity index (χ0n) is 11.5. The van der Waals surface area contributed by atoms with Gasteiger partial charge < -0.3 is 18.6 Å². The zero-order chi connectivity index (χ0) is 13.9. The molecular formula is C15H16N2O3. The Morgan fingerprint density at radius 3 is 2.90 bits per heavy atom. The molecule has 0 N–H and O–H groups in total. The molecule has 0 aliphatic rings. The van der Waals surface area contributed by atoms with Gasteiger partial charge in [0, 0.05) is 30.3 Å². The van der Waals surface area contributed by atoms with Gasteiger partial charge in [0.1, 0.15) is 18.1 Å². The average Bonchev–Trinajstić information content (AvgIpc) is 3.07. The van der Waals surface area contributed by atoms with Gasteiger partial charge in [-0.2, -0.15) is 0 Å². The summed E-state index contributed by atoms with van der Waals surface area (Å²) in [6.45, 7) is 1.11. The molecule has 0 amide bonds. The number of aromatic nitrogens is 2. The van der Waals surface area contributed by atoms with Crippen LogP contribution in [0.2, 0.25) is 0 Å². The fourth-order valence-electron chi connectivity index (χ4n) is 2.26. The predicted molar refractivity (Wildman–Crippen MR) is 74.8 cm³/mol. The molecule has 0 unspecified atom stereocenters. The SMILES string of the molecule is COCc1cc(Cn2ccc3cc(OC)ccc32)no1. The van der Waals surface area contributed by atoms with Crippen LogP contribution in [0, 0.1) is 0 Å². The molecule has 104 valence electrons. The lowest BCUT2D eigenvalue weighted by Gasteiger charge is -2.03. The predicted octanol–water partition coefficient (Wildman–Crippen LogP) is 2.83. The van der Waals surface area contributed by atoms with Crippen LogP contribution in [0.1, 0.15) is 11.5 Å². The summed E-state index contributed by atoms with van der Waals surface area (Å²) in [5.74, 6) is 1.60. The number of benzene rings is 1. The maximum absolute atomic E-state index is 5.23.